The van der Waals surface area contributed by atoms with Gasteiger partial charge in [-0.25, -0.2) is 0 Å². The van der Waals surface area contributed by atoms with Crippen molar-refractivity contribution < 1.29 is 5.11 Å². The first-order chi connectivity index (χ1) is 8.52. The van der Waals surface area contributed by atoms with E-state index in [1.54, 1.807) is 0 Å². The van der Waals surface area contributed by atoms with Gasteiger partial charge in [0, 0.05) is 25.4 Å². The number of benzene rings is 1. The minimum atomic E-state index is 0.185. The molecule has 0 bridgehead atoms. The number of aliphatic hydroxyl groups excluding tert-OH is 1. The van der Waals surface area contributed by atoms with Gasteiger partial charge in [-0.15, -0.1) is 0 Å². The predicted octanol–water partition coefficient (Wildman–Crippen LogP) is 3.19. The fraction of sp³-hybridized carbons (Fsp3) is 0.625. The van der Waals surface area contributed by atoms with Crippen molar-refractivity contribution in [1.82, 2.24) is 0 Å². The Labute approximate surface area is 111 Å². The summed E-state index contributed by atoms with van der Waals surface area (Å²) < 4.78 is 0. The van der Waals surface area contributed by atoms with Gasteiger partial charge in [0.2, 0.25) is 0 Å². The molecule has 2 rings (SSSR count). The van der Waals surface area contributed by atoms with Crippen LogP contribution in [-0.2, 0) is 5.41 Å². The molecule has 1 aliphatic heterocycles. The second-order valence-corrected chi connectivity index (χ2v) is 6.38. The van der Waals surface area contributed by atoms with Gasteiger partial charge in [0.1, 0.15) is 0 Å². The van der Waals surface area contributed by atoms with Crippen LogP contribution in [0.5, 0.6) is 0 Å². The van der Waals surface area contributed by atoms with Crippen molar-refractivity contribution in [3.8, 4) is 0 Å². The van der Waals surface area contributed by atoms with Crippen molar-refractivity contribution in [2.75, 3.05) is 24.6 Å². The highest BCUT2D eigenvalue weighted by Gasteiger charge is 2.24. The van der Waals surface area contributed by atoms with Crippen LogP contribution in [0.15, 0.2) is 24.3 Å². The van der Waals surface area contributed by atoms with E-state index in [0.717, 1.165) is 25.9 Å². The first-order valence-electron chi connectivity index (χ1n) is 6.97. The molecule has 0 saturated carbocycles. The van der Waals surface area contributed by atoms with E-state index in [-0.39, 0.29) is 5.41 Å². The topological polar surface area (TPSA) is 23.5 Å². The summed E-state index contributed by atoms with van der Waals surface area (Å²) in [6, 6.07) is 8.74. The maximum absolute atomic E-state index is 9.21. The molecule has 1 heterocycles. The molecule has 2 heteroatoms. The standard InChI is InChI=1S/C16H25NO/c1-16(2,3)14-6-4-5-7-15(14)17-10-8-13(12-18)9-11-17/h4-7,13,18H,8-12H2,1-3H3. The molecule has 1 fully saturated rings. The molecule has 0 atom stereocenters. The maximum Gasteiger partial charge on any atom is 0.0460 e. The molecule has 2 nitrogen and oxygen atoms in total. The number of piperidine rings is 1. The fourth-order valence-electron chi connectivity index (χ4n) is 2.74. The highest BCUT2D eigenvalue weighted by atomic mass is 16.3. The molecule has 100 valence electrons. The third kappa shape index (κ3) is 2.86. The predicted molar refractivity (Wildman–Crippen MR) is 77.2 cm³/mol. The smallest absolute Gasteiger partial charge is 0.0460 e. The zero-order valence-electron chi connectivity index (χ0n) is 11.8. The second-order valence-electron chi connectivity index (χ2n) is 6.38. The Kier molecular flexibility index (Phi) is 3.96. The zero-order valence-corrected chi connectivity index (χ0v) is 11.8. The summed E-state index contributed by atoms with van der Waals surface area (Å²) in [5, 5.41) is 9.21. The van der Waals surface area contributed by atoms with E-state index >= 15 is 0 Å². The quantitative estimate of drug-likeness (QED) is 0.867. The summed E-state index contributed by atoms with van der Waals surface area (Å²) in [5.74, 6) is 0.503. The van der Waals surface area contributed by atoms with Gasteiger partial charge in [0.15, 0.2) is 0 Å². The largest absolute Gasteiger partial charge is 0.396 e. The van der Waals surface area contributed by atoms with Crippen molar-refractivity contribution in [1.29, 1.82) is 0 Å². The third-order valence-electron chi connectivity index (χ3n) is 3.93. The van der Waals surface area contributed by atoms with Crippen LogP contribution < -0.4 is 4.90 Å². The Hall–Kier alpha value is -1.02. The summed E-state index contributed by atoms with van der Waals surface area (Å²) in [5.41, 5.74) is 2.98. The molecule has 0 unspecified atom stereocenters. The van der Waals surface area contributed by atoms with E-state index in [0.29, 0.717) is 12.5 Å². The van der Waals surface area contributed by atoms with Crippen LogP contribution >= 0.6 is 0 Å². The summed E-state index contributed by atoms with van der Waals surface area (Å²) in [6.07, 6.45) is 2.21. The van der Waals surface area contributed by atoms with Crippen LogP contribution in [0.1, 0.15) is 39.2 Å². The number of hydrogen-bond donors (Lipinski definition) is 1. The summed E-state index contributed by atoms with van der Waals surface area (Å²) in [7, 11) is 0. The Morgan fingerprint density at radius 1 is 1.17 bits per heavy atom. The molecule has 0 spiro atoms. The second kappa shape index (κ2) is 5.31. The van der Waals surface area contributed by atoms with Crippen LogP contribution in [0.25, 0.3) is 0 Å². The molecule has 1 aromatic carbocycles. The average molecular weight is 247 g/mol. The van der Waals surface area contributed by atoms with Crippen LogP contribution in [0, 0.1) is 5.92 Å². The van der Waals surface area contributed by atoms with Gasteiger partial charge >= 0.3 is 0 Å². The number of hydrogen-bond acceptors (Lipinski definition) is 2. The van der Waals surface area contributed by atoms with E-state index in [1.165, 1.54) is 11.3 Å². The summed E-state index contributed by atoms with van der Waals surface area (Å²) in [6.45, 7) is 9.29. The van der Waals surface area contributed by atoms with Gasteiger partial charge in [0.25, 0.3) is 0 Å². The Balaban J connectivity index is 2.19. The van der Waals surface area contributed by atoms with Crippen molar-refractivity contribution in [3.63, 3.8) is 0 Å². The van der Waals surface area contributed by atoms with Crippen LogP contribution in [0.4, 0.5) is 5.69 Å². The van der Waals surface area contributed by atoms with Gasteiger partial charge in [-0.05, 0) is 35.8 Å². The molecule has 0 aromatic heterocycles. The Morgan fingerprint density at radius 2 is 1.78 bits per heavy atom. The SMILES string of the molecule is CC(C)(C)c1ccccc1N1CCC(CO)CC1. The first kappa shape index (κ1) is 13.4. The molecule has 1 saturated heterocycles. The molecule has 0 aliphatic carbocycles. The van der Waals surface area contributed by atoms with Gasteiger partial charge in [-0.2, -0.15) is 0 Å². The average Bonchev–Trinajstić information content (AvgIpc) is 2.38. The van der Waals surface area contributed by atoms with E-state index in [2.05, 4.69) is 49.9 Å². The fourth-order valence-corrected chi connectivity index (χ4v) is 2.74. The molecular weight excluding hydrogens is 222 g/mol. The lowest BCUT2D eigenvalue weighted by Crippen LogP contribution is -2.36. The molecule has 0 radical (unpaired) electrons. The van der Waals surface area contributed by atoms with Crippen molar-refractivity contribution >= 4 is 5.69 Å². The number of rotatable bonds is 2. The first-order valence-corrected chi connectivity index (χ1v) is 6.97. The Morgan fingerprint density at radius 3 is 2.33 bits per heavy atom. The lowest BCUT2D eigenvalue weighted by molar-refractivity contribution is 0.203. The minimum absolute atomic E-state index is 0.185. The zero-order chi connectivity index (χ0) is 13.2. The molecular formula is C16H25NO. The van der Waals surface area contributed by atoms with Crippen LogP contribution in [0.3, 0.4) is 0 Å². The van der Waals surface area contributed by atoms with Gasteiger partial charge < -0.3 is 10.0 Å². The van der Waals surface area contributed by atoms with Gasteiger partial charge in [-0.1, -0.05) is 39.0 Å². The van der Waals surface area contributed by atoms with Crippen molar-refractivity contribution in [2.45, 2.75) is 39.0 Å². The minimum Gasteiger partial charge on any atom is -0.396 e. The van der Waals surface area contributed by atoms with Crippen molar-refractivity contribution in [2.24, 2.45) is 5.92 Å². The molecule has 18 heavy (non-hydrogen) atoms. The number of anilines is 1. The van der Waals surface area contributed by atoms with Crippen molar-refractivity contribution in [3.05, 3.63) is 29.8 Å². The lowest BCUT2D eigenvalue weighted by Gasteiger charge is -2.36. The van der Waals surface area contributed by atoms with E-state index in [4.69, 9.17) is 0 Å². The number of para-hydroxylation sites is 1. The number of aliphatic hydroxyl groups is 1. The van der Waals surface area contributed by atoms with E-state index in [1.807, 2.05) is 0 Å². The third-order valence-corrected chi connectivity index (χ3v) is 3.93. The lowest BCUT2D eigenvalue weighted by atomic mass is 9.85. The summed E-state index contributed by atoms with van der Waals surface area (Å²) in [4.78, 5) is 2.48. The van der Waals surface area contributed by atoms with E-state index in [9.17, 15) is 5.11 Å². The molecule has 0 amide bonds. The molecule has 1 N–H and O–H groups in total. The monoisotopic (exact) mass is 247 g/mol. The van der Waals surface area contributed by atoms with E-state index < -0.39 is 0 Å². The van der Waals surface area contributed by atoms with Crippen LogP contribution in [0.2, 0.25) is 0 Å². The summed E-state index contributed by atoms with van der Waals surface area (Å²) >= 11 is 0. The maximum atomic E-state index is 9.21. The molecule has 1 aliphatic rings. The van der Waals surface area contributed by atoms with Gasteiger partial charge in [0.05, 0.1) is 0 Å². The van der Waals surface area contributed by atoms with Gasteiger partial charge in [-0.3, -0.25) is 0 Å². The van der Waals surface area contributed by atoms with Crippen LogP contribution in [-0.4, -0.2) is 24.8 Å². The number of nitrogens with zero attached hydrogens (tertiary/aromatic N) is 1. The highest BCUT2D eigenvalue weighted by Crippen LogP contribution is 2.33. The molecule has 1 aromatic rings. The Bertz CT molecular complexity index is 386. The highest BCUT2D eigenvalue weighted by molar-refractivity contribution is 5.56. The normalized spacial score (nSPS) is 18.1.